The summed E-state index contributed by atoms with van der Waals surface area (Å²) in [5, 5.41) is 11.5. The molecule has 1 aliphatic rings. The van der Waals surface area contributed by atoms with Crippen LogP contribution in [0.3, 0.4) is 0 Å². The highest BCUT2D eigenvalue weighted by atomic mass is 16.2. The van der Waals surface area contributed by atoms with Crippen LogP contribution < -0.4 is 5.32 Å². The van der Waals surface area contributed by atoms with Gasteiger partial charge < -0.3 is 10.2 Å². The van der Waals surface area contributed by atoms with Crippen molar-refractivity contribution < 1.29 is 9.59 Å². The van der Waals surface area contributed by atoms with Crippen molar-refractivity contribution in [3.05, 3.63) is 41.5 Å². The lowest BCUT2D eigenvalue weighted by molar-refractivity contribution is -0.139. The molecular formula is C15H15N3O2. The van der Waals surface area contributed by atoms with E-state index in [-0.39, 0.29) is 11.8 Å². The van der Waals surface area contributed by atoms with Gasteiger partial charge in [-0.25, -0.2) is 0 Å². The van der Waals surface area contributed by atoms with Crippen molar-refractivity contribution >= 4 is 17.9 Å². The number of piperazine rings is 1. The van der Waals surface area contributed by atoms with E-state index in [0.717, 1.165) is 5.56 Å². The first-order valence-corrected chi connectivity index (χ1v) is 6.38. The van der Waals surface area contributed by atoms with Crippen molar-refractivity contribution in [2.24, 2.45) is 0 Å². The first kappa shape index (κ1) is 13.8. The summed E-state index contributed by atoms with van der Waals surface area (Å²) in [5.41, 5.74) is 1.33. The molecule has 2 amide bonds. The lowest BCUT2D eigenvalue weighted by Gasteiger charge is -2.31. The van der Waals surface area contributed by atoms with Gasteiger partial charge in [-0.15, -0.1) is 0 Å². The number of nitriles is 1. The number of nitrogens with zero attached hydrogens (tertiary/aromatic N) is 2. The van der Waals surface area contributed by atoms with Gasteiger partial charge in [0.2, 0.25) is 11.8 Å². The lowest BCUT2D eigenvalue weighted by Crippen LogP contribution is -2.55. The van der Waals surface area contributed by atoms with Crippen LogP contribution in [0.1, 0.15) is 18.1 Å². The van der Waals surface area contributed by atoms with Gasteiger partial charge in [-0.3, -0.25) is 9.59 Å². The lowest BCUT2D eigenvalue weighted by atomic mass is 10.1. The summed E-state index contributed by atoms with van der Waals surface area (Å²) >= 11 is 0. The molecule has 1 aliphatic heterocycles. The molecule has 1 aromatic carbocycles. The SMILES string of the molecule is CC1C(=O)NCCN1C(=O)C=Cc1cccc(C#N)c1. The van der Waals surface area contributed by atoms with E-state index in [2.05, 4.69) is 5.32 Å². The number of carbonyl (C=O) groups is 2. The van der Waals surface area contributed by atoms with E-state index in [9.17, 15) is 9.59 Å². The maximum Gasteiger partial charge on any atom is 0.247 e. The Morgan fingerprint density at radius 2 is 2.35 bits per heavy atom. The Kier molecular flexibility index (Phi) is 4.16. The summed E-state index contributed by atoms with van der Waals surface area (Å²) < 4.78 is 0. The van der Waals surface area contributed by atoms with Gasteiger partial charge in [0.25, 0.3) is 0 Å². The molecule has 2 rings (SSSR count). The predicted molar refractivity (Wildman–Crippen MR) is 74.4 cm³/mol. The van der Waals surface area contributed by atoms with Gasteiger partial charge in [-0.1, -0.05) is 12.1 Å². The minimum Gasteiger partial charge on any atom is -0.353 e. The van der Waals surface area contributed by atoms with Crippen molar-refractivity contribution in [1.29, 1.82) is 5.26 Å². The van der Waals surface area contributed by atoms with Crippen LogP contribution in [-0.4, -0.2) is 35.8 Å². The molecule has 0 bridgehead atoms. The molecule has 1 aromatic rings. The third-order valence-electron chi connectivity index (χ3n) is 3.22. The topological polar surface area (TPSA) is 73.2 Å². The number of amides is 2. The third-order valence-corrected chi connectivity index (χ3v) is 3.22. The number of hydrogen-bond donors (Lipinski definition) is 1. The number of hydrogen-bond acceptors (Lipinski definition) is 3. The molecule has 1 heterocycles. The average Bonchev–Trinajstić information content (AvgIpc) is 2.48. The minimum absolute atomic E-state index is 0.135. The fourth-order valence-corrected chi connectivity index (χ4v) is 2.06. The number of carbonyl (C=O) groups excluding carboxylic acids is 2. The molecule has 0 saturated carbocycles. The zero-order valence-electron chi connectivity index (χ0n) is 11.2. The van der Waals surface area contributed by atoms with E-state index in [1.54, 1.807) is 31.2 Å². The Hall–Kier alpha value is -2.61. The quantitative estimate of drug-likeness (QED) is 0.811. The molecule has 20 heavy (non-hydrogen) atoms. The second-order valence-corrected chi connectivity index (χ2v) is 4.57. The monoisotopic (exact) mass is 269 g/mol. The van der Waals surface area contributed by atoms with E-state index >= 15 is 0 Å². The maximum absolute atomic E-state index is 12.1. The molecular weight excluding hydrogens is 254 g/mol. The number of rotatable bonds is 2. The molecule has 0 aliphatic carbocycles. The van der Waals surface area contributed by atoms with Crippen molar-refractivity contribution in [1.82, 2.24) is 10.2 Å². The molecule has 5 nitrogen and oxygen atoms in total. The molecule has 1 saturated heterocycles. The van der Waals surface area contributed by atoms with Crippen molar-refractivity contribution in [2.75, 3.05) is 13.1 Å². The van der Waals surface area contributed by atoms with Crippen LogP contribution in [-0.2, 0) is 9.59 Å². The van der Waals surface area contributed by atoms with Gasteiger partial charge >= 0.3 is 0 Å². The third kappa shape index (κ3) is 3.04. The highest BCUT2D eigenvalue weighted by molar-refractivity contribution is 5.96. The van der Waals surface area contributed by atoms with Crippen molar-refractivity contribution in [2.45, 2.75) is 13.0 Å². The van der Waals surface area contributed by atoms with Gasteiger partial charge in [-0.05, 0) is 30.7 Å². The zero-order valence-corrected chi connectivity index (χ0v) is 11.2. The predicted octanol–water partition coefficient (Wildman–Crippen LogP) is 0.918. The summed E-state index contributed by atoms with van der Waals surface area (Å²) in [6, 6.07) is 8.59. The molecule has 102 valence electrons. The van der Waals surface area contributed by atoms with Crippen LogP contribution in [0.15, 0.2) is 30.3 Å². The summed E-state index contributed by atoms with van der Waals surface area (Å²) in [6.07, 6.45) is 3.09. The van der Waals surface area contributed by atoms with Crippen LogP contribution in [0.4, 0.5) is 0 Å². The van der Waals surface area contributed by atoms with Crippen molar-refractivity contribution in [3.8, 4) is 6.07 Å². The maximum atomic E-state index is 12.1. The molecule has 1 N–H and O–H groups in total. The molecule has 1 atom stereocenters. The highest BCUT2D eigenvalue weighted by Gasteiger charge is 2.27. The number of nitrogens with one attached hydrogen (secondary N) is 1. The molecule has 1 fully saturated rings. The second-order valence-electron chi connectivity index (χ2n) is 4.57. The molecule has 0 aromatic heterocycles. The van der Waals surface area contributed by atoms with Crippen LogP contribution >= 0.6 is 0 Å². The minimum atomic E-state index is -0.452. The smallest absolute Gasteiger partial charge is 0.247 e. The number of benzene rings is 1. The van der Waals surface area contributed by atoms with Gasteiger partial charge in [0.15, 0.2) is 0 Å². The normalized spacial score (nSPS) is 18.7. The van der Waals surface area contributed by atoms with Crippen LogP contribution in [0, 0.1) is 11.3 Å². The highest BCUT2D eigenvalue weighted by Crippen LogP contribution is 2.09. The summed E-state index contributed by atoms with van der Waals surface area (Å²) in [7, 11) is 0. The Labute approximate surface area is 117 Å². The Bertz CT molecular complexity index is 601. The largest absolute Gasteiger partial charge is 0.353 e. The average molecular weight is 269 g/mol. The van der Waals surface area contributed by atoms with Crippen LogP contribution in [0.2, 0.25) is 0 Å². The fourth-order valence-electron chi connectivity index (χ4n) is 2.06. The fraction of sp³-hybridized carbons (Fsp3) is 0.267. The van der Waals surface area contributed by atoms with Gasteiger partial charge in [0.05, 0.1) is 11.6 Å². The summed E-state index contributed by atoms with van der Waals surface area (Å²) in [6.45, 7) is 2.69. The van der Waals surface area contributed by atoms with E-state index in [0.29, 0.717) is 18.7 Å². The van der Waals surface area contributed by atoms with Crippen molar-refractivity contribution in [3.63, 3.8) is 0 Å². The Morgan fingerprint density at radius 1 is 1.55 bits per heavy atom. The molecule has 0 radical (unpaired) electrons. The van der Waals surface area contributed by atoms with E-state index in [1.165, 1.54) is 11.0 Å². The second kappa shape index (κ2) is 6.02. The van der Waals surface area contributed by atoms with Gasteiger partial charge in [0, 0.05) is 19.2 Å². The van der Waals surface area contributed by atoms with Gasteiger partial charge in [0.1, 0.15) is 6.04 Å². The van der Waals surface area contributed by atoms with E-state index < -0.39 is 6.04 Å². The zero-order chi connectivity index (χ0) is 14.5. The molecule has 0 spiro atoms. The first-order valence-electron chi connectivity index (χ1n) is 6.38. The van der Waals surface area contributed by atoms with Crippen LogP contribution in [0.25, 0.3) is 6.08 Å². The Morgan fingerprint density at radius 3 is 3.10 bits per heavy atom. The van der Waals surface area contributed by atoms with Gasteiger partial charge in [-0.2, -0.15) is 5.26 Å². The first-order chi connectivity index (χ1) is 9.61. The Balaban J connectivity index is 2.08. The van der Waals surface area contributed by atoms with E-state index in [1.807, 2.05) is 12.1 Å². The molecule has 5 heteroatoms. The summed E-state index contributed by atoms with van der Waals surface area (Å²) in [5.74, 6) is -0.334. The standard InChI is InChI=1S/C15H15N3O2/c1-11-15(20)17-7-8-18(11)14(19)6-5-12-3-2-4-13(9-12)10-16/h2-6,9,11H,7-8H2,1H3,(H,17,20). The summed E-state index contributed by atoms with van der Waals surface area (Å²) in [4.78, 5) is 25.1. The van der Waals surface area contributed by atoms with E-state index in [4.69, 9.17) is 5.26 Å². The molecule has 1 unspecified atom stereocenters. The van der Waals surface area contributed by atoms with Crippen LogP contribution in [0.5, 0.6) is 0 Å².